The molecule has 0 atom stereocenters. The second-order valence-corrected chi connectivity index (χ2v) is 7.32. The van der Waals surface area contributed by atoms with Gasteiger partial charge in [0.2, 0.25) is 10.0 Å². The number of aliphatic hydroxyl groups is 1. The molecule has 1 N–H and O–H groups in total. The van der Waals surface area contributed by atoms with Crippen LogP contribution in [0, 0.1) is 0 Å². The lowest BCUT2D eigenvalue weighted by Crippen LogP contribution is -2.57. The smallest absolute Gasteiger partial charge is 0.213 e. The van der Waals surface area contributed by atoms with Crippen LogP contribution in [0.2, 0.25) is 0 Å². The van der Waals surface area contributed by atoms with Gasteiger partial charge in [-0.15, -0.1) is 0 Å². The van der Waals surface area contributed by atoms with Gasteiger partial charge < -0.3 is 10.0 Å². The van der Waals surface area contributed by atoms with Crippen LogP contribution in [-0.4, -0.2) is 68.3 Å². The van der Waals surface area contributed by atoms with Crippen molar-refractivity contribution in [3.05, 3.63) is 0 Å². The summed E-state index contributed by atoms with van der Waals surface area (Å²) in [5.41, 5.74) is 0.0149. The molecule has 0 radical (unpaired) electrons. The average molecular weight is 264 g/mol. The Labute approximate surface area is 104 Å². The van der Waals surface area contributed by atoms with Crippen LogP contribution in [0.4, 0.5) is 0 Å². The molecule has 17 heavy (non-hydrogen) atoms. The summed E-state index contributed by atoms with van der Waals surface area (Å²) in [6, 6.07) is 0. The molecule has 0 aromatic carbocycles. The third-order valence-electron chi connectivity index (χ3n) is 3.79. The lowest BCUT2D eigenvalue weighted by molar-refractivity contribution is 0.0455. The Morgan fingerprint density at radius 2 is 1.82 bits per heavy atom. The van der Waals surface area contributed by atoms with Gasteiger partial charge in [-0.1, -0.05) is 0 Å². The molecule has 0 unspecified atom stereocenters. The minimum atomic E-state index is -3.22. The van der Waals surface area contributed by atoms with Gasteiger partial charge in [0.1, 0.15) is 0 Å². The summed E-state index contributed by atoms with van der Waals surface area (Å²) in [5, 5.41) is 8.70. The first-order valence-corrected chi connectivity index (χ1v) is 7.67. The Morgan fingerprint density at radius 3 is 2.18 bits per heavy atom. The lowest BCUT2D eigenvalue weighted by atomic mass is 9.75. The Balaban J connectivity index is 2.61. The molecule has 0 spiro atoms. The lowest BCUT2D eigenvalue weighted by Gasteiger charge is -2.49. The van der Waals surface area contributed by atoms with E-state index in [1.807, 2.05) is 14.1 Å². The fourth-order valence-corrected chi connectivity index (χ4v) is 3.49. The van der Waals surface area contributed by atoms with Gasteiger partial charge >= 0.3 is 0 Å². The van der Waals surface area contributed by atoms with E-state index in [9.17, 15) is 8.42 Å². The Hall–Kier alpha value is -0.170. The van der Waals surface area contributed by atoms with Gasteiger partial charge in [0.25, 0.3) is 0 Å². The number of nitrogens with zero attached hydrogens (tertiary/aromatic N) is 2. The number of sulfonamides is 1. The summed E-state index contributed by atoms with van der Waals surface area (Å²) < 4.78 is 25.3. The van der Waals surface area contributed by atoms with Gasteiger partial charge in [-0.05, 0) is 39.8 Å². The predicted octanol–water partition coefficient (Wildman–Crippen LogP) is 0.115. The Morgan fingerprint density at radius 1 is 1.24 bits per heavy atom. The second-order valence-electron chi connectivity index (χ2n) is 5.12. The molecule has 0 aromatic rings. The van der Waals surface area contributed by atoms with Crippen LogP contribution in [0.1, 0.15) is 25.7 Å². The van der Waals surface area contributed by atoms with Crippen molar-refractivity contribution in [2.24, 2.45) is 0 Å². The van der Waals surface area contributed by atoms with Crippen molar-refractivity contribution in [1.82, 2.24) is 9.21 Å². The fraction of sp³-hybridized carbons (Fsp3) is 1.00. The van der Waals surface area contributed by atoms with Crippen LogP contribution < -0.4 is 0 Å². The van der Waals surface area contributed by atoms with E-state index in [0.29, 0.717) is 13.0 Å². The third-order valence-corrected chi connectivity index (χ3v) is 5.67. The van der Waals surface area contributed by atoms with Crippen LogP contribution in [0.5, 0.6) is 0 Å². The molecule has 0 bridgehead atoms. The molecule has 0 aromatic heterocycles. The zero-order valence-corrected chi connectivity index (χ0v) is 11.8. The molecule has 5 nitrogen and oxygen atoms in total. The summed E-state index contributed by atoms with van der Waals surface area (Å²) in [6.45, 7) is 0.472. The summed E-state index contributed by atoms with van der Waals surface area (Å²) >= 11 is 0. The first-order chi connectivity index (χ1) is 7.84. The van der Waals surface area contributed by atoms with Crippen molar-refractivity contribution in [2.75, 3.05) is 40.0 Å². The maximum atomic E-state index is 11.9. The molecule has 1 aliphatic rings. The van der Waals surface area contributed by atoms with E-state index < -0.39 is 10.0 Å². The summed E-state index contributed by atoms with van der Waals surface area (Å²) in [4.78, 5) is 2.13. The molecule has 0 heterocycles. The summed E-state index contributed by atoms with van der Waals surface area (Å²) in [7, 11) is 2.43. The number of rotatable bonds is 7. The van der Waals surface area contributed by atoms with Crippen molar-refractivity contribution in [2.45, 2.75) is 31.2 Å². The zero-order chi connectivity index (χ0) is 13.1. The van der Waals surface area contributed by atoms with E-state index in [-0.39, 0.29) is 17.9 Å². The number of hydrogen-bond donors (Lipinski definition) is 1. The van der Waals surface area contributed by atoms with Crippen molar-refractivity contribution >= 4 is 10.0 Å². The van der Waals surface area contributed by atoms with Crippen molar-refractivity contribution in [3.8, 4) is 0 Å². The molecule has 1 aliphatic carbocycles. The Bertz CT molecular complexity index is 337. The highest BCUT2D eigenvalue weighted by Gasteiger charge is 2.41. The van der Waals surface area contributed by atoms with Crippen molar-refractivity contribution < 1.29 is 13.5 Å². The highest BCUT2D eigenvalue weighted by Crippen LogP contribution is 2.37. The highest BCUT2D eigenvalue weighted by molar-refractivity contribution is 7.89. The average Bonchev–Trinajstić information content (AvgIpc) is 2.19. The van der Waals surface area contributed by atoms with Crippen LogP contribution in [0.25, 0.3) is 0 Å². The largest absolute Gasteiger partial charge is 0.396 e. The Kier molecular flexibility index (Phi) is 4.95. The highest BCUT2D eigenvalue weighted by atomic mass is 32.2. The molecule has 102 valence electrons. The maximum Gasteiger partial charge on any atom is 0.213 e. The number of aliphatic hydroxyl groups excluding tert-OH is 1. The number of likely N-dealkylation sites (N-methyl/N-ethyl adjacent to an activating group) is 2. The molecule has 1 fully saturated rings. The SMILES string of the molecule is CN(C)C1(CN(C)S(=O)(=O)CCCO)CCC1. The minimum Gasteiger partial charge on any atom is -0.396 e. The molecule has 1 saturated carbocycles. The quantitative estimate of drug-likeness (QED) is 0.709. The van der Waals surface area contributed by atoms with Gasteiger partial charge in [0.05, 0.1) is 5.75 Å². The molecule has 1 rings (SSSR count). The standard InChI is InChI=1S/C11H24N2O3S/c1-12(2)11(6-4-7-11)10-13(3)17(15,16)9-5-8-14/h14H,4-10H2,1-3H3. The van der Waals surface area contributed by atoms with E-state index in [0.717, 1.165) is 12.8 Å². The van der Waals surface area contributed by atoms with Crippen LogP contribution in [0.3, 0.4) is 0 Å². The normalized spacial score (nSPS) is 19.6. The monoisotopic (exact) mass is 264 g/mol. The number of hydrogen-bond acceptors (Lipinski definition) is 4. The molecular weight excluding hydrogens is 240 g/mol. The predicted molar refractivity (Wildman–Crippen MR) is 68.4 cm³/mol. The topological polar surface area (TPSA) is 60.9 Å². The van der Waals surface area contributed by atoms with Crippen molar-refractivity contribution in [3.63, 3.8) is 0 Å². The zero-order valence-electron chi connectivity index (χ0n) is 11.0. The maximum absolute atomic E-state index is 11.9. The van der Waals surface area contributed by atoms with Gasteiger partial charge in [-0.3, -0.25) is 0 Å². The third kappa shape index (κ3) is 3.40. The van der Waals surface area contributed by atoms with Gasteiger partial charge in [0.15, 0.2) is 0 Å². The molecule has 0 aliphatic heterocycles. The van der Waals surface area contributed by atoms with Crippen LogP contribution in [0.15, 0.2) is 0 Å². The van der Waals surface area contributed by atoms with Crippen molar-refractivity contribution in [1.29, 1.82) is 0 Å². The molecular formula is C11H24N2O3S. The fourth-order valence-electron chi connectivity index (χ4n) is 2.25. The second kappa shape index (κ2) is 5.65. The molecule has 0 saturated heterocycles. The minimum absolute atomic E-state index is 0.0149. The van der Waals surface area contributed by atoms with E-state index in [1.165, 1.54) is 10.7 Å². The van der Waals surface area contributed by atoms with E-state index >= 15 is 0 Å². The first kappa shape index (κ1) is 14.9. The summed E-state index contributed by atoms with van der Waals surface area (Å²) in [6.07, 6.45) is 3.59. The molecule has 6 heteroatoms. The van der Waals surface area contributed by atoms with Crippen LogP contribution in [-0.2, 0) is 10.0 Å². The van der Waals surface area contributed by atoms with Crippen LogP contribution >= 0.6 is 0 Å². The van der Waals surface area contributed by atoms with Gasteiger partial charge in [-0.25, -0.2) is 12.7 Å². The summed E-state index contributed by atoms with van der Waals surface area (Å²) in [5.74, 6) is 0.0313. The van der Waals surface area contributed by atoms with E-state index in [4.69, 9.17) is 5.11 Å². The van der Waals surface area contributed by atoms with E-state index in [2.05, 4.69) is 4.90 Å². The van der Waals surface area contributed by atoms with Gasteiger partial charge in [-0.2, -0.15) is 0 Å². The molecule has 0 amide bonds. The van der Waals surface area contributed by atoms with E-state index in [1.54, 1.807) is 7.05 Å². The first-order valence-electron chi connectivity index (χ1n) is 6.06. The van der Waals surface area contributed by atoms with Gasteiger partial charge in [0, 0.05) is 25.7 Å².